The van der Waals surface area contributed by atoms with E-state index < -0.39 is 29.9 Å². The molecular weight excluding hydrogens is 568 g/mol. The van der Waals surface area contributed by atoms with Crippen LogP contribution in [-0.4, -0.2) is 49.4 Å². The third-order valence-corrected chi connectivity index (χ3v) is 7.73. The summed E-state index contributed by atoms with van der Waals surface area (Å²) in [6.07, 6.45) is 0. The third kappa shape index (κ3) is 9.04. The third-order valence-electron chi connectivity index (χ3n) is 7.73. The van der Waals surface area contributed by atoms with E-state index in [0.717, 1.165) is 16.7 Å². The number of ether oxygens (including phenoxy) is 3. The number of aliphatic hydroxyl groups excluding tert-OH is 1. The largest absolute Gasteiger partial charge is 0.461 e. The van der Waals surface area contributed by atoms with Crippen molar-refractivity contribution in [1.29, 1.82) is 0 Å². The molecular formula is C38H48O7. The Bertz CT molecular complexity index is 1320. The van der Waals surface area contributed by atoms with E-state index in [1.807, 2.05) is 98.7 Å². The molecule has 0 atom stereocenters. The number of esters is 3. The Kier molecular flexibility index (Phi) is 11.0. The van der Waals surface area contributed by atoms with Crippen LogP contribution in [0.2, 0.25) is 0 Å². The second-order valence-electron chi connectivity index (χ2n) is 14.8. The summed E-state index contributed by atoms with van der Waals surface area (Å²) in [4.78, 5) is 40.2. The van der Waals surface area contributed by atoms with Gasteiger partial charge in [-0.2, -0.15) is 0 Å². The normalized spacial score (nSPS) is 12.4. The molecule has 3 aromatic rings. The van der Waals surface area contributed by atoms with E-state index >= 15 is 0 Å². The Hall–Kier alpha value is -3.97. The van der Waals surface area contributed by atoms with Crippen molar-refractivity contribution in [2.45, 2.75) is 78.6 Å². The van der Waals surface area contributed by atoms with Gasteiger partial charge in [-0.1, -0.05) is 117 Å². The van der Waals surface area contributed by atoms with E-state index in [0.29, 0.717) is 16.7 Å². The highest BCUT2D eigenvalue weighted by molar-refractivity contribution is 5.93. The molecule has 0 bridgehead atoms. The summed E-state index contributed by atoms with van der Waals surface area (Å²) in [5, 5.41) is 10.7. The average Bonchev–Trinajstić information content (AvgIpc) is 2.99. The van der Waals surface area contributed by atoms with Crippen molar-refractivity contribution in [3.8, 4) is 0 Å². The molecule has 1 N–H and O–H groups in total. The van der Waals surface area contributed by atoms with E-state index in [9.17, 15) is 19.5 Å². The van der Waals surface area contributed by atoms with Crippen LogP contribution in [0.5, 0.6) is 0 Å². The minimum Gasteiger partial charge on any atom is -0.461 e. The maximum Gasteiger partial charge on any atom is 0.338 e. The van der Waals surface area contributed by atoms with Gasteiger partial charge in [0.2, 0.25) is 0 Å². The molecule has 0 radical (unpaired) electrons. The lowest BCUT2D eigenvalue weighted by Gasteiger charge is -2.31. The standard InChI is InChI=1S/C38H48O7/c1-35(2,3)29-19-13-10-16-26(29)32(40)43-23-38(22-39,24-44-33(41)27-17-11-14-20-30(27)36(4,5)6)25-45-34(42)28-18-12-15-21-31(28)37(7,8)9/h10-21,39H,22-25H2,1-9H3. The molecule has 7 heteroatoms. The summed E-state index contributed by atoms with van der Waals surface area (Å²) in [7, 11) is 0. The van der Waals surface area contributed by atoms with Crippen molar-refractivity contribution in [3.63, 3.8) is 0 Å². The van der Waals surface area contributed by atoms with Gasteiger partial charge in [0.05, 0.1) is 28.7 Å². The molecule has 0 saturated carbocycles. The highest BCUT2D eigenvalue weighted by Crippen LogP contribution is 2.30. The Labute approximate surface area is 267 Å². The summed E-state index contributed by atoms with van der Waals surface area (Å²) < 4.78 is 17.3. The summed E-state index contributed by atoms with van der Waals surface area (Å²) in [5.41, 5.74) is 1.20. The van der Waals surface area contributed by atoms with Crippen LogP contribution in [0.25, 0.3) is 0 Å². The predicted molar refractivity (Wildman–Crippen MR) is 176 cm³/mol. The highest BCUT2D eigenvalue weighted by atomic mass is 16.6. The minimum atomic E-state index is -1.43. The van der Waals surface area contributed by atoms with E-state index in [2.05, 4.69) is 0 Å². The molecule has 0 amide bonds. The monoisotopic (exact) mass is 616 g/mol. The van der Waals surface area contributed by atoms with Crippen molar-refractivity contribution in [2.24, 2.45) is 5.41 Å². The molecule has 0 aliphatic heterocycles. The Morgan fingerprint density at radius 2 is 0.733 bits per heavy atom. The van der Waals surface area contributed by atoms with Gasteiger partial charge in [-0.3, -0.25) is 0 Å². The van der Waals surface area contributed by atoms with Crippen LogP contribution < -0.4 is 0 Å². The molecule has 45 heavy (non-hydrogen) atoms. The average molecular weight is 617 g/mol. The zero-order valence-electron chi connectivity index (χ0n) is 28.2. The van der Waals surface area contributed by atoms with Gasteiger partial charge >= 0.3 is 17.9 Å². The first kappa shape index (κ1) is 35.5. The Balaban J connectivity index is 1.91. The van der Waals surface area contributed by atoms with Gasteiger partial charge in [-0.05, 0) is 51.1 Å². The van der Waals surface area contributed by atoms with Gasteiger partial charge in [0, 0.05) is 0 Å². The lowest BCUT2D eigenvalue weighted by Crippen LogP contribution is -2.43. The lowest BCUT2D eigenvalue weighted by molar-refractivity contribution is -0.0589. The van der Waals surface area contributed by atoms with Crippen LogP contribution in [0.3, 0.4) is 0 Å². The van der Waals surface area contributed by atoms with Crippen LogP contribution in [0.1, 0.15) is 110 Å². The van der Waals surface area contributed by atoms with Crippen molar-refractivity contribution in [2.75, 3.05) is 26.4 Å². The molecule has 0 spiro atoms. The van der Waals surface area contributed by atoms with Crippen molar-refractivity contribution >= 4 is 17.9 Å². The molecule has 3 aromatic carbocycles. The first-order chi connectivity index (χ1) is 20.9. The van der Waals surface area contributed by atoms with Gasteiger partial charge in [0.25, 0.3) is 0 Å². The van der Waals surface area contributed by atoms with Crippen LogP contribution in [0.4, 0.5) is 0 Å². The molecule has 0 unspecified atom stereocenters. The van der Waals surface area contributed by atoms with Gasteiger partial charge in [-0.25, -0.2) is 14.4 Å². The van der Waals surface area contributed by atoms with Crippen molar-refractivity contribution < 1.29 is 33.7 Å². The van der Waals surface area contributed by atoms with E-state index in [1.54, 1.807) is 36.4 Å². The number of benzene rings is 3. The fraction of sp³-hybridized carbons (Fsp3) is 0.447. The summed E-state index contributed by atoms with van der Waals surface area (Å²) >= 11 is 0. The molecule has 0 aliphatic carbocycles. The van der Waals surface area contributed by atoms with Crippen LogP contribution >= 0.6 is 0 Å². The molecule has 0 heterocycles. The zero-order valence-corrected chi connectivity index (χ0v) is 28.2. The molecule has 7 nitrogen and oxygen atoms in total. The molecule has 0 fully saturated rings. The minimum absolute atomic E-state index is 0.324. The van der Waals surface area contributed by atoms with Crippen LogP contribution in [0.15, 0.2) is 72.8 Å². The maximum absolute atomic E-state index is 13.4. The molecule has 0 aromatic heterocycles. The topological polar surface area (TPSA) is 99.1 Å². The van der Waals surface area contributed by atoms with Gasteiger partial charge < -0.3 is 19.3 Å². The van der Waals surface area contributed by atoms with E-state index in [-0.39, 0.29) is 36.1 Å². The van der Waals surface area contributed by atoms with E-state index in [1.165, 1.54) is 0 Å². The Morgan fingerprint density at radius 3 is 0.956 bits per heavy atom. The van der Waals surface area contributed by atoms with Gasteiger partial charge in [0.1, 0.15) is 19.8 Å². The number of hydrogen-bond acceptors (Lipinski definition) is 7. The molecule has 3 rings (SSSR count). The number of carbonyl (C=O) groups excluding carboxylic acids is 3. The maximum atomic E-state index is 13.4. The predicted octanol–water partition coefficient (Wildman–Crippen LogP) is 7.43. The summed E-state index contributed by atoms with van der Waals surface area (Å²) in [6.45, 7) is 16.4. The van der Waals surface area contributed by atoms with Gasteiger partial charge in [0.15, 0.2) is 0 Å². The first-order valence-corrected chi connectivity index (χ1v) is 15.3. The smallest absolute Gasteiger partial charge is 0.338 e. The fourth-order valence-electron chi connectivity index (χ4n) is 5.10. The molecule has 0 aliphatic rings. The summed E-state index contributed by atoms with van der Waals surface area (Å²) in [6, 6.07) is 21.5. The summed E-state index contributed by atoms with van der Waals surface area (Å²) in [5.74, 6) is -1.77. The van der Waals surface area contributed by atoms with Gasteiger partial charge in [-0.15, -0.1) is 0 Å². The van der Waals surface area contributed by atoms with E-state index in [4.69, 9.17) is 14.2 Å². The van der Waals surface area contributed by atoms with Crippen LogP contribution in [-0.2, 0) is 30.5 Å². The number of carbonyl (C=O) groups is 3. The number of aliphatic hydroxyl groups is 1. The molecule has 0 saturated heterocycles. The van der Waals surface area contributed by atoms with Crippen molar-refractivity contribution in [1.82, 2.24) is 0 Å². The number of hydrogen-bond donors (Lipinski definition) is 1. The quantitative estimate of drug-likeness (QED) is 0.187. The second kappa shape index (κ2) is 14.0. The van der Waals surface area contributed by atoms with Crippen molar-refractivity contribution in [3.05, 3.63) is 106 Å². The van der Waals surface area contributed by atoms with Crippen LogP contribution in [0, 0.1) is 5.41 Å². The Morgan fingerprint density at radius 1 is 0.489 bits per heavy atom. The highest BCUT2D eigenvalue weighted by Gasteiger charge is 2.37. The first-order valence-electron chi connectivity index (χ1n) is 15.3. The molecule has 242 valence electrons. The lowest BCUT2D eigenvalue weighted by atomic mass is 9.83. The number of rotatable bonds is 10. The SMILES string of the molecule is CC(C)(C)c1ccccc1C(=O)OCC(CO)(COC(=O)c1ccccc1C(C)(C)C)COC(=O)c1ccccc1C(C)(C)C. The second-order valence-corrected chi connectivity index (χ2v) is 14.8. The zero-order chi connectivity index (χ0) is 33.6. The fourth-order valence-corrected chi connectivity index (χ4v) is 5.10.